The van der Waals surface area contributed by atoms with E-state index < -0.39 is 0 Å². The minimum absolute atomic E-state index is 0.0457. The molecule has 0 saturated carbocycles. The largest absolute Gasteiger partial charge is 0.497 e. The second-order valence-electron chi connectivity index (χ2n) is 7.00. The van der Waals surface area contributed by atoms with Crippen LogP contribution >= 0.6 is 0 Å². The zero-order chi connectivity index (χ0) is 19.2. The van der Waals surface area contributed by atoms with E-state index in [-0.39, 0.29) is 11.9 Å². The van der Waals surface area contributed by atoms with Crippen molar-refractivity contribution in [3.63, 3.8) is 0 Å². The monoisotopic (exact) mass is 368 g/mol. The van der Waals surface area contributed by atoms with E-state index in [2.05, 4.69) is 41.4 Å². The third kappa shape index (κ3) is 4.80. The second kappa shape index (κ2) is 8.91. The summed E-state index contributed by atoms with van der Waals surface area (Å²) in [5, 5.41) is 3.03. The molecule has 0 bridgehead atoms. The number of ether oxygens (including phenoxy) is 2. The zero-order valence-corrected chi connectivity index (χ0v) is 16.3. The fourth-order valence-corrected chi connectivity index (χ4v) is 3.61. The first kappa shape index (κ1) is 19.2. The van der Waals surface area contributed by atoms with Crippen LogP contribution in [0.25, 0.3) is 0 Å². The number of nitrogens with zero attached hydrogens (tertiary/aromatic N) is 1. The average molecular weight is 368 g/mol. The van der Waals surface area contributed by atoms with E-state index in [1.54, 1.807) is 14.2 Å². The van der Waals surface area contributed by atoms with Gasteiger partial charge in [-0.2, -0.15) is 0 Å². The molecule has 5 heteroatoms. The maximum atomic E-state index is 12.5. The molecule has 0 unspecified atom stereocenters. The molecular formula is C22H28N2O3. The minimum Gasteiger partial charge on any atom is -0.497 e. The summed E-state index contributed by atoms with van der Waals surface area (Å²) in [6.45, 7) is 3.91. The number of aryl methyl sites for hydroxylation is 1. The highest BCUT2D eigenvalue weighted by atomic mass is 16.5. The molecule has 0 aliphatic carbocycles. The van der Waals surface area contributed by atoms with Gasteiger partial charge in [-0.05, 0) is 50.1 Å². The molecule has 0 spiro atoms. The lowest BCUT2D eigenvalue weighted by Gasteiger charge is -2.26. The number of rotatable bonds is 7. The third-order valence-corrected chi connectivity index (χ3v) is 5.12. The Hall–Kier alpha value is -2.53. The fourth-order valence-electron chi connectivity index (χ4n) is 3.61. The standard InChI is InChI=1S/C22H28N2O3/c1-16-6-8-17(9-7-16)14-23-22(25)15-24-12-4-5-20(24)19-13-18(26-2)10-11-21(19)27-3/h6-11,13,20H,4-5,12,14-15H2,1-3H3,(H,23,25)/t20-/m0/s1. The quantitative estimate of drug-likeness (QED) is 0.813. The highest BCUT2D eigenvalue weighted by Gasteiger charge is 2.30. The number of hydrogen-bond donors (Lipinski definition) is 1. The zero-order valence-electron chi connectivity index (χ0n) is 16.3. The average Bonchev–Trinajstić information content (AvgIpc) is 3.14. The van der Waals surface area contributed by atoms with Gasteiger partial charge in [-0.25, -0.2) is 0 Å². The Bertz CT molecular complexity index is 774. The van der Waals surface area contributed by atoms with Gasteiger partial charge in [-0.3, -0.25) is 9.69 Å². The molecule has 1 N–H and O–H groups in total. The van der Waals surface area contributed by atoms with Gasteiger partial charge in [0, 0.05) is 18.2 Å². The summed E-state index contributed by atoms with van der Waals surface area (Å²) in [6.07, 6.45) is 2.07. The molecule has 1 atom stereocenters. The number of carbonyl (C=O) groups excluding carboxylic acids is 1. The molecule has 1 aliphatic rings. The number of carbonyl (C=O) groups is 1. The van der Waals surface area contributed by atoms with E-state index in [9.17, 15) is 4.79 Å². The number of hydrogen-bond acceptors (Lipinski definition) is 4. The Morgan fingerprint density at radius 2 is 1.93 bits per heavy atom. The first-order valence-electron chi connectivity index (χ1n) is 9.39. The minimum atomic E-state index is 0.0457. The van der Waals surface area contributed by atoms with E-state index in [1.165, 1.54) is 5.56 Å². The lowest BCUT2D eigenvalue weighted by atomic mass is 10.0. The van der Waals surface area contributed by atoms with Gasteiger partial charge in [0.25, 0.3) is 0 Å². The summed E-state index contributed by atoms with van der Waals surface area (Å²) >= 11 is 0. The van der Waals surface area contributed by atoms with E-state index in [1.807, 2.05) is 18.2 Å². The Kier molecular flexibility index (Phi) is 6.35. The van der Waals surface area contributed by atoms with Crippen molar-refractivity contribution in [3.8, 4) is 11.5 Å². The number of benzene rings is 2. The fraction of sp³-hybridized carbons (Fsp3) is 0.409. The van der Waals surface area contributed by atoms with E-state index in [0.717, 1.165) is 42.0 Å². The molecule has 0 radical (unpaired) electrons. The van der Waals surface area contributed by atoms with Crippen molar-refractivity contribution in [3.05, 3.63) is 59.2 Å². The van der Waals surface area contributed by atoms with Gasteiger partial charge < -0.3 is 14.8 Å². The van der Waals surface area contributed by atoms with Crippen LogP contribution in [-0.4, -0.2) is 38.1 Å². The molecule has 1 amide bonds. The van der Waals surface area contributed by atoms with Gasteiger partial charge in [-0.1, -0.05) is 29.8 Å². The molecule has 1 fully saturated rings. The Labute approximate surface area is 161 Å². The van der Waals surface area contributed by atoms with Crippen LogP contribution in [0, 0.1) is 6.92 Å². The molecule has 27 heavy (non-hydrogen) atoms. The number of amides is 1. The first-order valence-corrected chi connectivity index (χ1v) is 9.39. The Morgan fingerprint density at radius 1 is 1.15 bits per heavy atom. The van der Waals surface area contributed by atoms with Crippen molar-refractivity contribution in [2.75, 3.05) is 27.3 Å². The van der Waals surface area contributed by atoms with Crippen molar-refractivity contribution < 1.29 is 14.3 Å². The third-order valence-electron chi connectivity index (χ3n) is 5.12. The van der Waals surface area contributed by atoms with Crippen LogP contribution in [0.1, 0.15) is 35.6 Å². The number of likely N-dealkylation sites (tertiary alicyclic amines) is 1. The molecule has 1 aliphatic heterocycles. The highest BCUT2D eigenvalue weighted by Crippen LogP contribution is 2.38. The van der Waals surface area contributed by atoms with Crippen molar-refractivity contribution in [2.24, 2.45) is 0 Å². The maximum absolute atomic E-state index is 12.5. The van der Waals surface area contributed by atoms with Gasteiger partial charge >= 0.3 is 0 Å². The van der Waals surface area contributed by atoms with Crippen LogP contribution in [0.3, 0.4) is 0 Å². The second-order valence-corrected chi connectivity index (χ2v) is 7.00. The predicted octanol–water partition coefficient (Wildman–Crippen LogP) is 3.47. The molecular weight excluding hydrogens is 340 g/mol. The molecule has 0 aromatic heterocycles. The van der Waals surface area contributed by atoms with Crippen LogP contribution in [0.5, 0.6) is 11.5 Å². The molecule has 3 rings (SSSR count). The molecule has 1 heterocycles. The summed E-state index contributed by atoms with van der Waals surface area (Å²) in [6, 6.07) is 14.2. The van der Waals surface area contributed by atoms with Gasteiger partial charge in [0.15, 0.2) is 0 Å². The van der Waals surface area contributed by atoms with Crippen molar-refractivity contribution in [1.82, 2.24) is 10.2 Å². The summed E-state index contributed by atoms with van der Waals surface area (Å²) in [5.74, 6) is 1.69. The molecule has 2 aromatic carbocycles. The van der Waals surface area contributed by atoms with E-state index >= 15 is 0 Å². The summed E-state index contributed by atoms with van der Waals surface area (Å²) in [5.41, 5.74) is 3.42. The van der Waals surface area contributed by atoms with Crippen LogP contribution in [-0.2, 0) is 11.3 Å². The maximum Gasteiger partial charge on any atom is 0.234 e. The molecule has 144 valence electrons. The van der Waals surface area contributed by atoms with Crippen molar-refractivity contribution >= 4 is 5.91 Å². The molecule has 2 aromatic rings. The highest BCUT2D eigenvalue weighted by molar-refractivity contribution is 5.78. The lowest BCUT2D eigenvalue weighted by Crippen LogP contribution is -2.36. The topological polar surface area (TPSA) is 50.8 Å². The Balaban J connectivity index is 1.64. The smallest absolute Gasteiger partial charge is 0.234 e. The number of nitrogens with one attached hydrogen (secondary N) is 1. The summed E-state index contributed by atoms with van der Waals surface area (Å²) in [4.78, 5) is 14.7. The van der Waals surface area contributed by atoms with Crippen molar-refractivity contribution in [2.45, 2.75) is 32.4 Å². The van der Waals surface area contributed by atoms with Crippen LogP contribution < -0.4 is 14.8 Å². The van der Waals surface area contributed by atoms with E-state index in [0.29, 0.717) is 13.1 Å². The predicted molar refractivity (Wildman–Crippen MR) is 106 cm³/mol. The van der Waals surface area contributed by atoms with Gasteiger partial charge in [-0.15, -0.1) is 0 Å². The Morgan fingerprint density at radius 3 is 2.63 bits per heavy atom. The first-order chi connectivity index (χ1) is 13.1. The lowest BCUT2D eigenvalue weighted by molar-refractivity contribution is -0.122. The van der Waals surface area contributed by atoms with Crippen LogP contribution in [0.15, 0.2) is 42.5 Å². The normalized spacial score (nSPS) is 16.9. The van der Waals surface area contributed by atoms with E-state index in [4.69, 9.17) is 9.47 Å². The van der Waals surface area contributed by atoms with Gasteiger partial charge in [0.1, 0.15) is 11.5 Å². The molecule has 1 saturated heterocycles. The summed E-state index contributed by atoms with van der Waals surface area (Å²) < 4.78 is 10.9. The van der Waals surface area contributed by atoms with Crippen LogP contribution in [0.2, 0.25) is 0 Å². The van der Waals surface area contributed by atoms with Gasteiger partial charge in [0.2, 0.25) is 5.91 Å². The number of methoxy groups -OCH3 is 2. The SMILES string of the molecule is COc1ccc(OC)c([C@@H]2CCCN2CC(=O)NCc2ccc(C)cc2)c1. The van der Waals surface area contributed by atoms with Gasteiger partial charge in [0.05, 0.1) is 20.8 Å². The van der Waals surface area contributed by atoms with Crippen LogP contribution in [0.4, 0.5) is 0 Å². The molecule has 5 nitrogen and oxygen atoms in total. The van der Waals surface area contributed by atoms with Crippen molar-refractivity contribution in [1.29, 1.82) is 0 Å². The summed E-state index contributed by atoms with van der Waals surface area (Å²) in [7, 11) is 3.34.